The minimum Gasteiger partial charge on any atom is -0.486 e. The van der Waals surface area contributed by atoms with Crippen molar-refractivity contribution < 1.29 is 9.47 Å². The lowest BCUT2D eigenvalue weighted by Crippen LogP contribution is -2.25. The van der Waals surface area contributed by atoms with Crippen LogP contribution in [0.25, 0.3) is 0 Å². The molecule has 6 heteroatoms. The molecule has 2 aliphatic heterocycles. The van der Waals surface area contributed by atoms with Crippen molar-refractivity contribution in [2.45, 2.75) is 25.4 Å². The number of nitrogens with zero attached hydrogens (tertiary/aromatic N) is 4. The predicted octanol–water partition coefficient (Wildman–Crippen LogP) is 2.65. The molecule has 1 fully saturated rings. The minimum atomic E-state index is 0.352. The summed E-state index contributed by atoms with van der Waals surface area (Å²) in [6.07, 6.45) is 6.18. The third kappa shape index (κ3) is 3.26. The van der Waals surface area contributed by atoms with Gasteiger partial charge in [0.1, 0.15) is 13.2 Å². The van der Waals surface area contributed by atoms with Crippen molar-refractivity contribution in [1.29, 1.82) is 0 Å². The largest absolute Gasteiger partial charge is 0.486 e. The maximum Gasteiger partial charge on any atom is 0.224 e. The number of benzene rings is 1. The first-order valence-corrected chi connectivity index (χ1v) is 8.83. The summed E-state index contributed by atoms with van der Waals surface area (Å²) >= 11 is 0. The Labute approximate surface area is 148 Å². The number of fused-ring (bicyclic) bond motifs is 1. The fourth-order valence-corrected chi connectivity index (χ4v) is 3.62. The van der Waals surface area contributed by atoms with Gasteiger partial charge in [-0.25, -0.2) is 9.97 Å². The molecule has 2 aromatic rings. The fourth-order valence-electron chi connectivity index (χ4n) is 3.62. The van der Waals surface area contributed by atoms with Crippen molar-refractivity contribution in [3.8, 4) is 11.5 Å². The molecule has 0 bridgehead atoms. The van der Waals surface area contributed by atoms with Crippen LogP contribution in [0.4, 0.5) is 5.95 Å². The molecule has 0 spiro atoms. The van der Waals surface area contributed by atoms with E-state index in [-0.39, 0.29) is 0 Å². The van der Waals surface area contributed by atoms with Gasteiger partial charge < -0.3 is 14.4 Å². The Bertz CT molecular complexity index is 733. The normalized spacial score (nSPS) is 19.8. The molecule has 132 valence electrons. The lowest BCUT2D eigenvalue weighted by atomic mass is 10.0. The molecule has 1 aromatic carbocycles. The van der Waals surface area contributed by atoms with E-state index in [9.17, 15) is 0 Å². The van der Waals surface area contributed by atoms with E-state index in [1.807, 2.05) is 37.5 Å². The van der Waals surface area contributed by atoms with Crippen molar-refractivity contribution in [3.63, 3.8) is 0 Å². The van der Waals surface area contributed by atoms with Crippen molar-refractivity contribution in [3.05, 3.63) is 41.7 Å². The Morgan fingerprint density at radius 1 is 1.16 bits per heavy atom. The highest BCUT2D eigenvalue weighted by atomic mass is 16.6. The summed E-state index contributed by atoms with van der Waals surface area (Å²) in [6.45, 7) is 3.17. The number of aromatic nitrogens is 2. The van der Waals surface area contributed by atoms with Gasteiger partial charge in [-0.3, -0.25) is 4.90 Å². The van der Waals surface area contributed by atoms with Crippen LogP contribution in [0.2, 0.25) is 0 Å². The molecule has 0 amide bonds. The van der Waals surface area contributed by atoms with Gasteiger partial charge in [-0.2, -0.15) is 0 Å². The van der Waals surface area contributed by atoms with Crippen LogP contribution < -0.4 is 14.4 Å². The molecule has 0 aliphatic carbocycles. The number of ether oxygens (including phenoxy) is 2. The maximum atomic E-state index is 5.93. The van der Waals surface area contributed by atoms with Gasteiger partial charge in [-0.05, 0) is 25.5 Å². The van der Waals surface area contributed by atoms with Crippen LogP contribution in [0.15, 0.2) is 30.6 Å². The Kier molecular flexibility index (Phi) is 4.44. The van der Waals surface area contributed by atoms with Crippen LogP contribution in [-0.4, -0.2) is 48.7 Å². The highest BCUT2D eigenvalue weighted by Crippen LogP contribution is 2.43. The highest BCUT2D eigenvalue weighted by Gasteiger charge is 2.30. The Morgan fingerprint density at radius 2 is 1.96 bits per heavy atom. The van der Waals surface area contributed by atoms with E-state index in [1.165, 1.54) is 12.0 Å². The van der Waals surface area contributed by atoms with Gasteiger partial charge in [-0.15, -0.1) is 0 Å². The molecule has 4 rings (SSSR count). The molecule has 1 atom stereocenters. The van der Waals surface area contributed by atoms with E-state index in [0.717, 1.165) is 42.5 Å². The number of hydrogen-bond donors (Lipinski definition) is 0. The van der Waals surface area contributed by atoms with Crippen LogP contribution in [-0.2, 0) is 6.54 Å². The van der Waals surface area contributed by atoms with Crippen LogP contribution in [0.5, 0.6) is 11.5 Å². The number of para-hydroxylation sites is 1. The van der Waals surface area contributed by atoms with E-state index in [1.54, 1.807) is 0 Å². The molecule has 1 saturated heterocycles. The molecule has 0 N–H and O–H groups in total. The second-order valence-corrected chi connectivity index (χ2v) is 6.79. The fraction of sp³-hybridized carbons (Fsp3) is 0.474. The second kappa shape index (κ2) is 6.88. The Morgan fingerprint density at radius 3 is 2.76 bits per heavy atom. The minimum absolute atomic E-state index is 0.352. The van der Waals surface area contributed by atoms with E-state index in [4.69, 9.17) is 9.47 Å². The maximum absolute atomic E-state index is 5.93. The summed E-state index contributed by atoms with van der Waals surface area (Å²) < 4.78 is 11.7. The average molecular weight is 340 g/mol. The Balaban J connectivity index is 1.55. The van der Waals surface area contributed by atoms with Crippen molar-refractivity contribution in [2.75, 3.05) is 38.8 Å². The van der Waals surface area contributed by atoms with Gasteiger partial charge >= 0.3 is 0 Å². The van der Waals surface area contributed by atoms with Crippen LogP contribution >= 0.6 is 0 Å². The van der Waals surface area contributed by atoms with Gasteiger partial charge in [0, 0.05) is 50.2 Å². The van der Waals surface area contributed by atoms with Gasteiger partial charge in [0.15, 0.2) is 11.5 Å². The topological polar surface area (TPSA) is 50.7 Å². The van der Waals surface area contributed by atoms with Crippen LogP contribution in [0.3, 0.4) is 0 Å². The molecular formula is C19H24N4O2. The number of likely N-dealkylation sites (tertiary alicyclic amines) is 1. The molecule has 6 nitrogen and oxygen atoms in total. The number of rotatable bonds is 4. The SMILES string of the molecule is CN(C)c1ncc(CN2CCC[C@H]2c2cccc3c2OCCO3)cn1. The van der Waals surface area contributed by atoms with E-state index < -0.39 is 0 Å². The second-order valence-electron chi connectivity index (χ2n) is 6.79. The van der Waals surface area contributed by atoms with Crippen LogP contribution in [0, 0.1) is 0 Å². The first-order chi connectivity index (χ1) is 12.2. The van der Waals surface area contributed by atoms with Crippen molar-refractivity contribution in [1.82, 2.24) is 14.9 Å². The lowest BCUT2D eigenvalue weighted by molar-refractivity contribution is 0.163. The first kappa shape index (κ1) is 16.1. The summed E-state index contributed by atoms with van der Waals surface area (Å²) in [5, 5.41) is 0. The predicted molar refractivity (Wildman–Crippen MR) is 96.2 cm³/mol. The molecule has 0 radical (unpaired) electrons. The van der Waals surface area contributed by atoms with Gasteiger partial charge in [-0.1, -0.05) is 12.1 Å². The third-order valence-corrected chi connectivity index (χ3v) is 4.80. The van der Waals surface area contributed by atoms with E-state index in [0.29, 0.717) is 19.3 Å². The molecule has 3 heterocycles. The van der Waals surface area contributed by atoms with E-state index in [2.05, 4.69) is 27.0 Å². The van der Waals surface area contributed by atoms with E-state index >= 15 is 0 Å². The van der Waals surface area contributed by atoms with Crippen molar-refractivity contribution >= 4 is 5.95 Å². The summed E-state index contributed by atoms with van der Waals surface area (Å²) in [7, 11) is 3.90. The number of hydrogen-bond acceptors (Lipinski definition) is 6. The van der Waals surface area contributed by atoms with Gasteiger partial charge in [0.05, 0.1) is 0 Å². The van der Waals surface area contributed by atoms with Gasteiger partial charge in [0.25, 0.3) is 0 Å². The molecule has 0 unspecified atom stereocenters. The smallest absolute Gasteiger partial charge is 0.224 e. The monoisotopic (exact) mass is 340 g/mol. The summed E-state index contributed by atoms with van der Waals surface area (Å²) in [5.74, 6) is 2.53. The van der Waals surface area contributed by atoms with Gasteiger partial charge in [0.2, 0.25) is 5.95 Å². The van der Waals surface area contributed by atoms with Crippen LogP contribution in [0.1, 0.15) is 30.0 Å². The average Bonchev–Trinajstić information content (AvgIpc) is 3.09. The standard InChI is InChI=1S/C19H24N4O2/c1-22(2)19-20-11-14(12-21-19)13-23-8-4-6-16(23)15-5-3-7-17-18(15)25-10-9-24-17/h3,5,7,11-12,16H,4,6,8-10,13H2,1-2H3/t16-/m0/s1. The zero-order valence-corrected chi connectivity index (χ0v) is 14.8. The summed E-state index contributed by atoms with van der Waals surface area (Å²) in [4.78, 5) is 13.3. The summed E-state index contributed by atoms with van der Waals surface area (Å²) in [5.41, 5.74) is 2.37. The zero-order valence-electron chi connectivity index (χ0n) is 14.8. The molecule has 0 saturated carbocycles. The first-order valence-electron chi connectivity index (χ1n) is 8.83. The molecule has 25 heavy (non-hydrogen) atoms. The molecule has 2 aliphatic rings. The highest BCUT2D eigenvalue weighted by molar-refractivity contribution is 5.49. The van der Waals surface area contributed by atoms with Crippen molar-refractivity contribution in [2.24, 2.45) is 0 Å². The summed E-state index contributed by atoms with van der Waals surface area (Å²) in [6, 6.07) is 6.58. The lowest BCUT2D eigenvalue weighted by Gasteiger charge is -2.28. The number of anilines is 1. The molecule has 1 aromatic heterocycles. The third-order valence-electron chi connectivity index (χ3n) is 4.80. The molecular weight excluding hydrogens is 316 g/mol. The zero-order chi connectivity index (χ0) is 17.2. The Hall–Kier alpha value is -2.34. The quantitative estimate of drug-likeness (QED) is 0.853.